The van der Waals surface area contributed by atoms with Gasteiger partial charge in [-0.15, -0.1) is 0 Å². The van der Waals surface area contributed by atoms with Crippen LogP contribution in [0.1, 0.15) is 33.1 Å². The van der Waals surface area contributed by atoms with Gasteiger partial charge >= 0.3 is 11.9 Å². The highest BCUT2D eigenvalue weighted by atomic mass is 16.6. The van der Waals surface area contributed by atoms with Gasteiger partial charge in [-0.2, -0.15) is 0 Å². The van der Waals surface area contributed by atoms with Crippen molar-refractivity contribution in [3.63, 3.8) is 0 Å². The summed E-state index contributed by atoms with van der Waals surface area (Å²) in [5.74, 6) is -0.829. The van der Waals surface area contributed by atoms with Crippen molar-refractivity contribution < 1.29 is 19.1 Å². The number of carbonyl (C=O) groups is 2. The van der Waals surface area contributed by atoms with Crippen molar-refractivity contribution in [2.24, 2.45) is 5.92 Å². The second-order valence-electron chi connectivity index (χ2n) is 3.71. The number of esters is 2. The first-order valence-electron chi connectivity index (χ1n) is 5.75. The van der Waals surface area contributed by atoms with Crippen molar-refractivity contribution in [1.29, 1.82) is 0 Å². The Balaban J connectivity index is 2.70. The van der Waals surface area contributed by atoms with Crippen LogP contribution < -0.4 is 0 Å². The maximum Gasteiger partial charge on any atom is 0.345 e. The molecule has 0 unspecified atom stereocenters. The van der Waals surface area contributed by atoms with Crippen molar-refractivity contribution in [3.8, 4) is 0 Å². The summed E-state index contributed by atoms with van der Waals surface area (Å²) in [7, 11) is 0. The number of hydrogen-bond donors (Lipinski definition) is 0. The molecule has 1 rings (SSSR count). The van der Waals surface area contributed by atoms with Gasteiger partial charge in [0.05, 0.1) is 13.2 Å². The Morgan fingerprint density at radius 2 is 1.62 bits per heavy atom. The number of rotatable bonds is 5. The quantitative estimate of drug-likeness (QED) is 0.310. The van der Waals surface area contributed by atoms with E-state index in [0.29, 0.717) is 5.92 Å². The van der Waals surface area contributed by atoms with Crippen LogP contribution in [0.15, 0.2) is 11.6 Å². The number of allylic oxidation sites excluding steroid dienone is 1. The van der Waals surface area contributed by atoms with E-state index in [4.69, 9.17) is 9.47 Å². The average molecular weight is 226 g/mol. The van der Waals surface area contributed by atoms with Crippen molar-refractivity contribution in [1.82, 2.24) is 0 Å². The molecule has 1 aliphatic rings. The van der Waals surface area contributed by atoms with Crippen LogP contribution >= 0.6 is 0 Å². The zero-order valence-electron chi connectivity index (χ0n) is 9.82. The molecule has 4 heteroatoms. The van der Waals surface area contributed by atoms with Crippen molar-refractivity contribution in [2.75, 3.05) is 13.2 Å². The molecule has 1 aliphatic carbocycles. The zero-order chi connectivity index (χ0) is 12.0. The summed E-state index contributed by atoms with van der Waals surface area (Å²) >= 11 is 0. The molecule has 0 heterocycles. The fraction of sp³-hybridized carbons (Fsp3) is 0.667. The fourth-order valence-electron chi connectivity index (χ4n) is 1.48. The molecule has 16 heavy (non-hydrogen) atoms. The van der Waals surface area contributed by atoms with Gasteiger partial charge in [-0.05, 0) is 32.6 Å². The Kier molecular flexibility index (Phi) is 5.02. The molecule has 1 saturated carbocycles. The fourth-order valence-corrected chi connectivity index (χ4v) is 1.48. The molecule has 90 valence electrons. The second kappa shape index (κ2) is 6.30. The lowest BCUT2D eigenvalue weighted by atomic mass is 9.84. The van der Waals surface area contributed by atoms with E-state index in [1.54, 1.807) is 19.9 Å². The van der Waals surface area contributed by atoms with E-state index in [2.05, 4.69) is 0 Å². The standard InChI is InChI=1S/C12H18O4/c1-3-15-11(13)10(12(14)16-4-2)8-9-6-5-7-9/h8-9H,3-7H2,1-2H3. The molecule has 0 spiro atoms. The lowest BCUT2D eigenvalue weighted by Gasteiger charge is -2.22. The lowest BCUT2D eigenvalue weighted by Crippen LogP contribution is -2.21. The Bertz CT molecular complexity index is 269. The van der Waals surface area contributed by atoms with Gasteiger partial charge in [0.25, 0.3) is 0 Å². The predicted molar refractivity (Wildman–Crippen MR) is 58.7 cm³/mol. The van der Waals surface area contributed by atoms with E-state index in [0.717, 1.165) is 19.3 Å². The third-order valence-electron chi connectivity index (χ3n) is 2.54. The maximum atomic E-state index is 11.5. The summed E-state index contributed by atoms with van der Waals surface area (Å²) in [5, 5.41) is 0. The van der Waals surface area contributed by atoms with Crippen LogP contribution in [0.4, 0.5) is 0 Å². The molecule has 0 aromatic heterocycles. The van der Waals surface area contributed by atoms with Gasteiger partial charge in [-0.1, -0.05) is 12.5 Å². The number of hydrogen-bond acceptors (Lipinski definition) is 4. The monoisotopic (exact) mass is 226 g/mol. The maximum absolute atomic E-state index is 11.5. The molecule has 0 atom stereocenters. The van der Waals surface area contributed by atoms with Gasteiger partial charge in [-0.25, -0.2) is 9.59 Å². The van der Waals surface area contributed by atoms with Crippen LogP contribution in [0.25, 0.3) is 0 Å². The molecule has 4 nitrogen and oxygen atoms in total. The lowest BCUT2D eigenvalue weighted by molar-refractivity contribution is -0.146. The number of ether oxygens (including phenoxy) is 2. The van der Waals surface area contributed by atoms with Crippen LogP contribution in [-0.4, -0.2) is 25.2 Å². The minimum atomic E-state index is -0.576. The molecule has 0 amide bonds. The highest BCUT2D eigenvalue weighted by molar-refractivity contribution is 6.14. The highest BCUT2D eigenvalue weighted by Gasteiger charge is 2.25. The van der Waals surface area contributed by atoms with E-state index in [1.165, 1.54) is 0 Å². The van der Waals surface area contributed by atoms with E-state index in [1.807, 2.05) is 0 Å². The topological polar surface area (TPSA) is 52.6 Å². The van der Waals surface area contributed by atoms with Crippen LogP contribution in [0, 0.1) is 5.92 Å². The van der Waals surface area contributed by atoms with Gasteiger partial charge in [0.1, 0.15) is 5.57 Å². The molecule has 0 aromatic rings. The Hall–Kier alpha value is -1.32. The van der Waals surface area contributed by atoms with E-state index >= 15 is 0 Å². The van der Waals surface area contributed by atoms with Crippen molar-refractivity contribution in [2.45, 2.75) is 33.1 Å². The van der Waals surface area contributed by atoms with E-state index < -0.39 is 11.9 Å². The third-order valence-corrected chi connectivity index (χ3v) is 2.54. The van der Waals surface area contributed by atoms with Gasteiger partial charge < -0.3 is 9.47 Å². The van der Waals surface area contributed by atoms with Crippen LogP contribution in [0.3, 0.4) is 0 Å². The van der Waals surface area contributed by atoms with E-state index in [-0.39, 0.29) is 18.8 Å². The Morgan fingerprint density at radius 1 is 1.12 bits per heavy atom. The van der Waals surface area contributed by atoms with Gasteiger partial charge in [0.2, 0.25) is 0 Å². The summed E-state index contributed by atoms with van der Waals surface area (Å²) in [4.78, 5) is 23.1. The summed E-state index contributed by atoms with van der Waals surface area (Å²) in [6.07, 6.45) is 4.91. The predicted octanol–water partition coefficient (Wildman–Crippen LogP) is 1.84. The minimum absolute atomic E-state index is 0.0494. The van der Waals surface area contributed by atoms with Crippen LogP contribution in [-0.2, 0) is 19.1 Å². The Morgan fingerprint density at radius 3 is 1.94 bits per heavy atom. The summed E-state index contributed by atoms with van der Waals surface area (Å²) < 4.78 is 9.67. The first kappa shape index (κ1) is 12.7. The van der Waals surface area contributed by atoms with Crippen LogP contribution in [0.2, 0.25) is 0 Å². The van der Waals surface area contributed by atoms with Crippen LogP contribution in [0.5, 0.6) is 0 Å². The summed E-state index contributed by atoms with van der Waals surface area (Å²) in [6, 6.07) is 0. The molecule has 1 fully saturated rings. The smallest absolute Gasteiger partial charge is 0.345 e. The molecule has 0 aromatic carbocycles. The van der Waals surface area contributed by atoms with E-state index in [9.17, 15) is 9.59 Å². The largest absolute Gasteiger partial charge is 0.462 e. The first-order chi connectivity index (χ1) is 7.69. The normalized spacial score (nSPS) is 14.9. The molecule has 0 bridgehead atoms. The molecule has 0 radical (unpaired) electrons. The average Bonchev–Trinajstić information content (AvgIpc) is 2.16. The summed E-state index contributed by atoms with van der Waals surface area (Å²) in [6.45, 7) is 3.95. The van der Waals surface area contributed by atoms with Crippen molar-refractivity contribution in [3.05, 3.63) is 11.6 Å². The zero-order valence-corrected chi connectivity index (χ0v) is 9.82. The highest BCUT2D eigenvalue weighted by Crippen LogP contribution is 2.28. The molecule has 0 N–H and O–H groups in total. The van der Waals surface area contributed by atoms with Crippen molar-refractivity contribution >= 4 is 11.9 Å². The molecule has 0 aliphatic heterocycles. The SMILES string of the molecule is CCOC(=O)C(=CC1CCC1)C(=O)OCC. The molecule has 0 saturated heterocycles. The molecular weight excluding hydrogens is 208 g/mol. The summed E-state index contributed by atoms with van der Waals surface area (Å²) in [5.41, 5.74) is 0.0494. The van der Waals surface area contributed by atoms with Gasteiger partial charge in [0, 0.05) is 0 Å². The Labute approximate surface area is 95.6 Å². The third kappa shape index (κ3) is 3.36. The molecular formula is C12H18O4. The second-order valence-corrected chi connectivity index (χ2v) is 3.71. The number of carbonyl (C=O) groups excluding carboxylic acids is 2. The first-order valence-corrected chi connectivity index (χ1v) is 5.75. The van der Waals surface area contributed by atoms with Gasteiger partial charge in [-0.3, -0.25) is 0 Å². The van der Waals surface area contributed by atoms with Gasteiger partial charge in [0.15, 0.2) is 0 Å². The minimum Gasteiger partial charge on any atom is -0.462 e.